The number of carbonyl (C=O) groups is 1. The van der Waals surface area contributed by atoms with E-state index in [1.54, 1.807) is 0 Å². The standard InChI is InChI=1S/C16H30O5/c1-5-18-15(19-6-2)12-10-9-11-13(14(12)17)16(20-7-3)21-8-4/h12-13,15-16H,5-11H2,1-4H3. The molecule has 1 rings (SSSR count). The van der Waals surface area contributed by atoms with Crippen molar-refractivity contribution in [3.63, 3.8) is 0 Å². The molecule has 0 N–H and O–H groups in total. The molecule has 21 heavy (non-hydrogen) atoms. The highest BCUT2D eigenvalue weighted by Crippen LogP contribution is 2.33. The summed E-state index contributed by atoms with van der Waals surface area (Å²) in [6, 6.07) is 0. The predicted octanol–water partition coefficient (Wildman–Crippen LogP) is 2.77. The van der Waals surface area contributed by atoms with Crippen LogP contribution in [-0.2, 0) is 23.7 Å². The largest absolute Gasteiger partial charge is 0.352 e. The van der Waals surface area contributed by atoms with Crippen molar-refractivity contribution in [2.45, 2.75) is 59.5 Å². The van der Waals surface area contributed by atoms with Crippen LogP contribution >= 0.6 is 0 Å². The maximum absolute atomic E-state index is 12.8. The lowest BCUT2D eigenvalue weighted by Gasteiger charge is -2.35. The highest BCUT2D eigenvalue weighted by molar-refractivity contribution is 5.84. The highest BCUT2D eigenvalue weighted by Gasteiger charge is 2.41. The Kier molecular flexibility index (Phi) is 9.08. The van der Waals surface area contributed by atoms with Gasteiger partial charge in [-0.3, -0.25) is 4.79 Å². The fraction of sp³-hybridized carbons (Fsp3) is 0.938. The molecule has 0 aromatic rings. The fourth-order valence-corrected chi connectivity index (χ4v) is 2.88. The van der Waals surface area contributed by atoms with Gasteiger partial charge in [0.15, 0.2) is 12.6 Å². The summed E-state index contributed by atoms with van der Waals surface area (Å²) in [5, 5.41) is 0. The van der Waals surface area contributed by atoms with Gasteiger partial charge < -0.3 is 18.9 Å². The second-order valence-corrected chi connectivity index (χ2v) is 5.10. The van der Waals surface area contributed by atoms with Gasteiger partial charge >= 0.3 is 0 Å². The van der Waals surface area contributed by atoms with Crippen molar-refractivity contribution >= 4 is 5.78 Å². The maximum atomic E-state index is 12.8. The van der Waals surface area contributed by atoms with Crippen molar-refractivity contribution in [3.05, 3.63) is 0 Å². The molecule has 1 aliphatic carbocycles. The first-order chi connectivity index (χ1) is 10.2. The number of hydrogen-bond acceptors (Lipinski definition) is 5. The van der Waals surface area contributed by atoms with Crippen LogP contribution in [0.1, 0.15) is 47.0 Å². The van der Waals surface area contributed by atoms with E-state index in [4.69, 9.17) is 18.9 Å². The molecule has 1 aliphatic rings. The fourth-order valence-electron chi connectivity index (χ4n) is 2.88. The topological polar surface area (TPSA) is 54.0 Å². The lowest BCUT2D eigenvalue weighted by molar-refractivity contribution is -0.201. The molecule has 0 amide bonds. The summed E-state index contributed by atoms with van der Waals surface area (Å²) in [6.07, 6.45) is 1.70. The second kappa shape index (κ2) is 10.3. The molecule has 2 unspecified atom stereocenters. The Balaban J connectivity index is 2.77. The smallest absolute Gasteiger partial charge is 0.167 e. The van der Waals surface area contributed by atoms with Gasteiger partial charge in [-0.2, -0.15) is 0 Å². The lowest BCUT2D eigenvalue weighted by atomic mass is 9.79. The third-order valence-corrected chi connectivity index (χ3v) is 3.74. The Morgan fingerprint density at radius 1 is 0.810 bits per heavy atom. The van der Waals surface area contributed by atoms with Crippen molar-refractivity contribution in [3.8, 4) is 0 Å². The van der Waals surface area contributed by atoms with Crippen LogP contribution in [0.15, 0.2) is 0 Å². The Hall–Kier alpha value is -0.490. The average Bonchev–Trinajstić information content (AvgIpc) is 2.47. The molecule has 2 atom stereocenters. The number of rotatable bonds is 10. The normalized spacial score (nSPS) is 23.2. The minimum Gasteiger partial charge on any atom is -0.352 e. The minimum atomic E-state index is -0.445. The van der Waals surface area contributed by atoms with Crippen LogP contribution in [0.5, 0.6) is 0 Å². The summed E-state index contributed by atoms with van der Waals surface area (Å²) in [6.45, 7) is 9.83. The Morgan fingerprint density at radius 2 is 1.14 bits per heavy atom. The van der Waals surface area contributed by atoms with E-state index in [-0.39, 0.29) is 17.6 Å². The molecule has 0 spiro atoms. The Labute approximate surface area is 128 Å². The monoisotopic (exact) mass is 302 g/mol. The Bertz CT molecular complexity index is 256. The van der Waals surface area contributed by atoms with Crippen molar-refractivity contribution < 1.29 is 23.7 Å². The average molecular weight is 302 g/mol. The van der Waals surface area contributed by atoms with Crippen LogP contribution in [0.25, 0.3) is 0 Å². The number of carbonyl (C=O) groups excluding carboxylic acids is 1. The second-order valence-electron chi connectivity index (χ2n) is 5.10. The molecular weight excluding hydrogens is 272 g/mol. The van der Waals surface area contributed by atoms with E-state index in [1.165, 1.54) is 0 Å². The third kappa shape index (κ3) is 5.33. The molecule has 5 nitrogen and oxygen atoms in total. The summed E-state index contributed by atoms with van der Waals surface area (Å²) in [5.41, 5.74) is 0. The van der Waals surface area contributed by atoms with E-state index in [1.807, 2.05) is 27.7 Å². The molecule has 0 aliphatic heterocycles. The molecule has 5 heteroatoms. The molecule has 0 aromatic carbocycles. The van der Waals surface area contributed by atoms with E-state index in [2.05, 4.69) is 0 Å². The molecule has 0 saturated heterocycles. The maximum Gasteiger partial charge on any atom is 0.167 e. The zero-order valence-electron chi connectivity index (χ0n) is 13.8. The van der Waals surface area contributed by atoms with E-state index in [9.17, 15) is 4.79 Å². The van der Waals surface area contributed by atoms with Gasteiger partial charge in [0.25, 0.3) is 0 Å². The predicted molar refractivity (Wildman–Crippen MR) is 79.9 cm³/mol. The summed E-state index contributed by atoms with van der Waals surface area (Å²) in [4.78, 5) is 12.8. The first kappa shape index (κ1) is 18.6. The molecule has 0 radical (unpaired) electrons. The Morgan fingerprint density at radius 3 is 1.43 bits per heavy atom. The van der Waals surface area contributed by atoms with Gasteiger partial charge in [-0.1, -0.05) is 6.42 Å². The van der Waals surface area contributed by atoms with E-state index >= 15 is 0 Å². The number of Topliss-reactive ketones (excluding diaryl/α,β-unsaturated/α-hetero) is 1. The van der Waals surface area contributed by atoms with Gasteiger partial charge in [-0.15, -0.1) is 0 Å². The van der Waals surface area contributed by atoms with Crippen molar-refractivity contribution in [1.29, 1.82) is 0 Å². The third-order valence-electron chi connectivity index (χ3n) is 3.74. The van der Waals surface area contributed by atoms with Crippen molar-refractivity contribution in [2.24, 2.45) is 11.8 Å². The van der Waals surface area contributed by atoms with Gasteiger partial charge in [-0.05, 0) is 40.5 Å². The van der Waals surface area contributed by atoms with Gasteiger partial charge in [0.2, 0.25) is 0 Å². The zero-order valence-corrected chi connectivity index (χ0v) is 13.8. The summed E-state index contributed by atoms with van der Waals surface area (Å²) in [7, 11) is 0. The van der Waals surface area contributed by atoms with Gasteiger partial charge in [0.1, 0.15) is 5.78 Å². The molecule has 1 saturated carbocycles. The highest BCUT2D eigenvalue weighted by atomic mass is 16.7. The number of ketones is 1. The zero-order chi connectivity index (χ0) is 15.7. The van der Waals surface area contributed by atoms with Crippen LogP contribution in [0.4, 0.5) is 0 Å². The molecule has 124 valence electrons. The minimum absolute atomic E-state index is 0.153. The van der Waals surface area contributed by atoms with Crippen LogP contribution in [-0.4, -0.2) is 44.8 Å². The van der Waals surface area contributed by atoms with Crippen LogP contribution in [0.2, 0.25) is 0 Å². The molecule has 0 bridgehead atoms. The SMILES string of the molecule is CCOC(OCC)C1CCCC(C(OCC)OCC)C1=O. The lowest BCUT2D eigenvalue weighted by Crippen LogP contribution is -2.44. The molecule has 0 aromatic heterocycles. The van der Waals surface area contributed by atoms with Crippen LogP contribution in [0.3, 0.4) is 0 Å². The summed E-state index contributed by atoms with van der Waals surface area (Å²) in [5.74, 6) is -0.279. The van der Waals surface area contributed by atoms with Gasteiger partial charge in [-0.25, -0.2) is 0 Å². The van der Waals surface area contributed by atoms with Gasteiger partial charge in [0.05, 0.1) is 11.8 Å². The van der Waals surface area contributed by atoms with Gasteiger partial charge in [0, 0.05) is 26.4 Å². The van der Waals surface area contributed by atoms with Crippen LogP contribution < -0.4 is 0 Å². The van der Waals surface area contributed by atoms with E-state index < -0.39 is 12.6 Å². The van der Waals surface area contributed by atoms with Crippen LogP contribution in [0, 0.1) is 11.8 Å². The molecule has 0 heterocycles. The van der Waals surface area contributed by atoms with Crippen molar-refractivity contribution in [1.82, 2.24) is 0 Å². The first-order valence-corrected chi connectivity index (χ1v) is 8.19. The first-order valence-electron chi connectivity index (χ1n) is 8.19. The van der Waals surface area contributed by atoms with Crippen molar-refractivity contribution in [2.75, 3.05) is 26.4 Å². The number of ether oxygens (including phenoxy) is 4. The summed E-state index contributed by atoms with van der Waals surface area (Å²) >= 11 is 0. The molecule has 1 fully saturated rings. The van der Waals surface area contributed by atoms with E-state index in [0.717, 1.165) is 19.3 Å². The quantitative estimate of drug-likeness (QED) is 0.581. The van der Waals surface area contributed by atoms with E-state index in [0.29, 0.717) is 26.4 Å². The number of hydrogen-bond donors (Lipinski definition) is 0. The summed E-state index contributed by atoms with van der Waals surface area (Å²) < 4.78 is 22.5. The molecular formula is C16H30O5.